The number of likely N-dealkylation sites (tertiary alicyclic amines) is 1. The van der Waals surface area contributed by atoms with Crippen molar-refractivity contribution in [3.8, 4) is 0 Å². The van der Waals surface area contributed by atoms with Gasteiger partial charge in [-0.15, -0.1) is 0 Å². The van der Waals surface area contributed by atoms with Crippen LogP contribution in [0.3, 0.4) is 0 Å². The van der Waals surface area contributed by atoms with Crippen molar-refractivity contribution < 1.29 is 18.0 Å². The van der Waals surface area contributed by atoms with Crippen LogP contribution in [0.25, 0.3) is 0 Å². The number of fused-ring (bicyclic) bond motifs is 2. The lowest BCUT2D eigenvalue weighted by atomic mass is 9.74. The Labute approximate surface area is 197 Å². The minimum atomic E-state index is -0.842. The van der Waals surface area contributed by atoms with Gasteiger partial charge in [-0.25, -0.2) is 18.0 Å². The summed E-state index contributed by atoms with van der Waals surface area (Å²) in [6.45, 7) is 4.97. The van der Waals surface area contributed by atoms with Gasteiger partial charge in [0.2, 0.25) is 0 Å². The van der Waals surface area contributed by atoms with Gasteiger partial charge in [0.15, 0.2) is 0 Å². The number of carbonyl (C=O) groups excluding carboxylic acids is 1. The zero-order valence-corrected chi connectivity index (χ0v) is 19.0. The molecule has 1 saturated heterocycles. The van der Waals surface area contributed by atoms with E-state index in [1.54, 1.807) is 11.0 Å². The Morgan fingerprint density at radius 2 is 1.71 bits per heavy atom. The minimum absolute atomic E-state index is 0.0935. The van der Waals surface area contributed by atoms with Gasteiger partial charge >= 0.3 is 6.03 Å². The SMILES string of the molecule is Cc1cccc(CN2CCC3(CC2)CN(C(=O)Nc2ccc(F)cc2F)c2ccc(F)cc23)c1. The number of urea groups is 1. The van der Waals surface area contributed by atoms with Crippen LogP contribution in [0.15, 0.2) is 60.7 Å². The molecule has 3 aromatic carbocycles. The predicted octanol–water partition coefficient (Wildman–Crippen LogP) is 6.00. The Hall–Kier alpha value is -3.32. The molecule has 0 atom stereocenters. The summed E-state index contributed by atoms with van der Waals surface area (Å²) in [6.07, 6.45) is 1.56. The van der Waals surface area contributed by atoms with Crippen molar-refractivity contribution in [2.24, 2.45) is 0 Å². The largest absolute Gasteiger partial charge is 0.326 e. The lowest BCUT2D eigenvalue weighted by Gasteiger charge is -2.40. The fraction of sp³-hybridized carbons (Fsp3) is 0.296. The Bertz CT molecular complexity index is 1240. The molecule has 0 aromatic heterocycles. The molecule has 2 amide bonds. The Morgan fingerprint density at radius 3 is 2.44 bits per heavy atom. The van der Waals surface area contributed by atoms with Crippen LogP contribution in [-0.4, -0.2) is 30.6 Å². The highest BCUT2D eigenvalue weighted by Gasteiger charge is 2.46. The summed E-state index contributed by atoms with van der Waals surface area (Å²) in [6, 6.07) is 15.4. The molecule has 2 aliphatic heterocycles. The topological polar surface area (TPSA) is 35.6 Å². The molecule has 3 aromatic rings. The standard InChI is InChI=1S/C27H26F3N3O/c1-18-3-2-4-19(13-18)16-32-11-9-27(10-12-32)17-33(25-8-6-20(28)14-22(25)27)26(34)31-24-7-5-21(29)15-23(24)30/h2-8,13-15H,9-12,16-17H2,1H3,(H,31,34). The third kappa shape index (κ3) is 4.28. The number of anilines is 2. The van der Waals surface area contributed by atoms with Crippen LogP contribution in [-0.2, 0) is 12.0 Å². The molecule has 34 heavy (non-hydrogen) atoms. The van der Waals surface area contributed by atoms with Crippen LogP contribution in [0.2, 0.25) is 0 Å². The molecule has 0 saturated carbocycles. The van der Waals surface area contributed by atoms with Crippen molar-refractivity contribution in [2.45, 2.75) is 31.7 Å². The molecule has 2 aliphatic rings. The van der Waals surface area contributed by atoms with Gasteiger partial charge in [-0.3, -0.25) is 9.80 Å². The van der Waals surface area contributed by atoms with E-state index in [1.165, 1.54) is 29.3 Å². The number of amides is 2. The van der Waals surface area contributed by atoms with E-state index in [0.717, 1.165) is 50.2 Å². The van der Waals surface area contributed by atoms with E-state index in [0.29, 0.717) is 12.2 Å². The first kappa shape index (κ1) is 22.5. The molecule has 5 rings (SSSR count). The first-order valence-corrected chi connectivity index (χ1v) is 11.4. The molecule has 0 unspecified atom stereocenters. The van der Waals surface area contributed by atoms with Crippen molar-refractivity contribution in [2.75, 3.05) is 29.9 Å². The van der Waals surface area contributed by atoms with E-state index in [2.05, 4.69) is 41.4 Å². The molecule has 176 valence electrons. The molecule has 7 heteroatoms. The number of halogens is 3. The van der Waals surface area contributed by atoms with Crippen LogP contribution in [0.5, 0.6) is 0 Å². The monoisotopic (exact) mass is 465 g/mol. The molecular formula is C27H26F3N3O. The van der Waals surface area contributed by atoms with E-state index in [1.807, 2.05) is 0 Å². The van der Waals surface area contributed by atoms with Crippen molar-refractivity contribution >= 4 is 17.4 Å². The fourth-order valence-electron chi connectivity index (χ4n) is 5.23. The highest BCUT2D eigenvalue weighted by Crippen LogP contribution is 2.47. The molecule has 0 aliphatic carbocycles. The Balaban J connectivity index is 1.35. The number of benzene rings is 3. The van der Waals surface area contributed by atoms with Crippen LogP contribution in [0.1, 0.15) is 29.5 Å². The van der Waals surface area contributed by atoms with Crippen LogP contribution in [0.4, 0.5) is 29.3 Å². The van der Waals surface area contributed by atoms with Crippen molar-refractivity contribution in [3.05, 3.63) is 94.8 Å². The van der Waals surface area contributed by atoms with Crippen LogP contribution in [0, 0.1) is 24.4 Å². The van der Waals surface area contributed by atoms with Gasteiger partial charge in [0.25, 0.3) is 0 Å². The quantitative estimate of drug-likeness (QED) is 0.515. The van der Waals surface area contributed by atoms with Gasteiger partial charge in [-0.05, 0) is 74.3 Å². The number of rotatable bonds is 3. The highest BCUT2D eigenvalue weighted by atomic mass is 19.1. The van der Waals surface area contributed by atoms with Gasteiger partial charge in [-0.2, -0.15) is 0 Å². The van der Waals surface area contributed by atoms with Gasteiger partial charge in [0, 0.05) is 30.3 Å². The number of piperidine rings is 1. The molecule has 4 nitrogen and oxygen atoms in total. The molecule has 1 N–H and O–H groups in total. The van der Waals surface area contributed by atoms with E-state index >= 15 is 0 Å². The number of nitrogens with one attached hydrogen (secondary N) is 1. The number of nitrogens with zero attached hydrogens (tertiary/aromatic N) is 2. The van der Waals surface area contributed by atoms with E-state index in [-0.39, 0.29) is 16.9 Å². The molecule has 1 spiro atoms. The van der Waals surface area contributed by atoms with Crippen LogP contribution >= 0.6 is 0 Å². The second-order valence-electron chi connectivity index (χ2n) is 9.35. The summed E-state index contributed by atoms with van der Waals surface area (Å²) in [5.41, 5.74) is 3.48. The van der Waals surface area contributed by atoms with E-state index in [4.69, 9.17) is 0 Å². The molecule has 1 fully saturated rings. The number of carbonyl (C=O) groups is 1. The number of hydrogen-bond acceptors (Lipinski definition) is 2. The molecule has 0 radical (unpaired) electrons. The zero-order chi connectivity index (χ0) is 23.9. The molecular weight excluding hydrogens is 439 g/mol. The molecule has 2 heterocycles. The second kappa shape index (κ2) is 8.80. The van der Waals surface area contributed by atoms with E-state index < -0.39 is 17.7 Å². The van der Waals surface area contributed by atoms with Gasteiger partial charge in [0.1, 0.15) is 17.5 Å². The average Bonchev–Trinajstić information content (AvgIpc) is 3.11. The maximum atomic E-state index is 14.3. The lowest BCUT2D eigenvalue weighted by molar-refractivity contribution is 0.160. The first-order valence-electron chi connectivity index (χ1n) is 11.4. The second-order valence-corrected chi connectivity index (χ2v) is 9.35. The van der Waals surface area contributed by atoms with Crippen molar-refractivity contribution in [1.29, 1.82) is 0 Å². The smallest absolute Gasteiger partial charge is 0.305 e. The van der Waals surface area contributed by atoms with Gasteiger partial charge < -0.3 is 5.32 Å². The summed E-state index contributed by atoms with van der Waals surface area (Å²) >= 11 is 0. The maximum absolute atomic E-state index is 14.3. The average molecular weight is 466 g/mol. The number of aryl methyl sites for hydroxylation is 1. The predicted molar refractivity (Wildman–Crippen MR) is 126 cm³/mol. The summed E-state index contributed by atoms with van der Waals surface area (Å²) < 4.78 is 41.6. The highest BCUT2D eigenvalue weighted by molar-refractivity contribution is 6.03. The van der Waals surface area contributed by atoms with Crippen molar-refractivity contribution in [1.82, 2.24) is 4.90 Å². The summed E-state index contributed by atoms with van der Waals surface area (Å²) in [4.78, 5) is 17.0. The van der Waals surface area contributed by atoms with E-state index in [9.17, 15) is 18.0 Å². The summed E-state index contributed by atoms with van der Waals surface area (Å²) in [5, 5.41) is 2.54. The summed E-state index contributed by atoms with van der Waals surface area (Å²) in [7, 11) is 0. The number of hydrogen-bond donors (Lipinski definition) is 1. The van der Waals surface area contributed by atoms with Crippen LogP contribution < -0.4 is 10.2 Å². The molecule has 0 bridgehead atoms. The van der Waals surface area contributed by atoms with Crippen molar-refractivity contribution in [3.63, 3.8) is 0 Å². The zero-order valence-electron chi connectivity index (χ0n) is 19.0. The lowest BCUT2D eigenvalue weighted by Crippen LogP contribution is -2.46. The van der Waals surface area contributed by atoms with Gasteiger partial charge in [-0.1, -0.05) is 29.8 Å². The maximum Gasteiger partial charge on any atom is 0.326 e. The first-order chi connectivity index (χ1) is 16.3. The summed E-state index contributed by atoms with van der Waals surface area (Å²) in [5.74, 6) is -1.90. The minimum Gasteiger partial charge on any atom is -0.305 e. The Kier molecular flexibility index (Phi) is 5.81. The normalized spacial score (nSPS) is 17.1. The third-order valence-corrected chi connectivity index (χ3v) is 7.00. The fourth-order valence-corrected chi connectivity index (χ4v) is 5.23. The Morgan fingerprint density at radius 1 is 0.971 bits per heavy atom. The third-order valence-electron chi connectivity index (χ3n) is 7.00. The van der Waals surface area contributed by atoms with Gasteiger partial charge in [0.05, 0.1) is 5.69 Å².